The molecule has 1 aromatic heterocycles. The molecule has 4 heteroatoms. The minimum absolute atomic E-state index is 0.0914. The molecule has 80 valence electrons. The lowest BCUT2D eigenvalue weighted by molar-refractivity contribution is 0.173. The van der Waals surface area contributed by atoms with E-state index in [4.69, 9.17) is 12.2 Å². The number of benzene rings is 1. The molecule has 2 aromatic rings. The molecule has 1 N–H and O–H groups in total. The van der Waals surface area contributed by atoms with Gasteiger partial charge in [0.25, 0.3) is 0 Å². The molecule has 0 radical (unpaired) electrons. The standard InChI is InChI=1S/C11H13NOS2/c1-11(2,7-13)12-10(14)8-5-3-4-6-9(8)15-12/h3-6,13H,7H2,1-2H3. The molecule has 0 bridgehead atoms. The highest BCUT2D eigenvalue weighted by Crippen LogP contribution is 2.28. The molecule has 2 rings (SSSR count). The second-order valence-electron chi connectivity index (χ2n) is 4.16. The number of aliphatic hydroxyl groups is 1. The Morgan fingerprint density at radius 1 is 1.40 bits per heavy atom. The van der Waals surface area contributed by atoms with E-state index in [1.165, 1.54) is 4.70 Å². The highest BCUT2D eigenvalue weighted by Gasteiger charge is 2.21. The van der Waals surface area contributed by atoms with Crippen LogP contribution >= 0.6 is 23.8 Å². The van der Waals surface area contributed by atoms with E-state index in [0.29, 0.717) is 0 Å². The smallest absolute Gasteiger partial charge is 0.124 e. The molecule has 0 spiro atoms. The van der Waals surface area contributed by atoms with Crippen molar-refractivity contribution in [3.8, 4) is 0 Å². The number of fused-ring (bicyclic) bond motifs is 1. The van der Waals surface area contributed by atoms with Crippen LogP contribution in [0.1, 0.15) is 13.8 Å². The summed E-state index contributed by atoms with van der Waals surface area (Å²) in [5.74, 6) is 0. The van der Waals surface area contributed by atoms with Crippen LogP contribution in [0.4, 0.5) is 0 Å². The van der Waals surface area contributed by atoms with Gasteiger partial charge in [-0.25, -0.2) is 0 Å². The summed E-state index contributed by atoms with van der Waals surface area (Å²) in [7, 11) is 0. The Morgan fingerprint density at radius 2 is 2.07 bits per heavy atom. The Labute approximate surface area is 97.9 Å². The number of hydrogen-bond acceptors (Lipinski definition) is 3. The Hall–Kier alpha value is -0.710. The maximum Gasteiger partial charge on any atom is 0.124 e. The van der Waals surface area contributed by atoms with Gasteiger partial charge in [0.05, 0.1) is 16.8 Å². The summed E-state index contributed by atoms with van der Waals surface area (Å²) in [5.41, 5.74) is -0.319. The van der Waals surface area contributed by atoms with Crippen LogP contribution in [0, 0.1) is 4.64 Å². The molecule has 0 unspecified atom stereocenters. The van der Waals surface area contributed by atoms with Gasteiger partial charge in [0.15, 0.2) is 0 Å². The maximum absolute atomic E-state index is 9.34. The Balaban J connectivity index is 2.74. The van der Waals surface area contributed by atoms with Crippen molar-refractivity contribution in [2.24, 2.45) is 0 Å². The van der Waals surface area contributed by atoms with Crippen LogP contribution < -0.4 is 0 Å². The van der Waals surface area contributed by atoms with Crippen molar-refractivity contribution in [3.05, 3.63) is 28.9 Å². The Bertz CT molecular complexity index is 539. The van der Waals surface area contributed by atoms with Crippen LogP contribution in [0.3, 0.4) is 0 Å². The monoisotopic (exact) mass is 239 g/mol. The largest absolute Gasteiger partial charge is 0.394 e. The van der Waals surface area contributed by atoms with Crippen molar-refractivity contribution < 1.29 is 5.11 Å². The van der Waals surface area contributed by atoms with E-state index in [9.17, 15) is 5.11 Å². The van der Waals surface area contributed by atoms with Gasteiger partial charge in [-0.15, -0.1) is 0 Å². The fourth-order valence-corrected chi connectivity index (χ4v) is 3.12. The molecular formula is C11H13NOS2. The van der Waals surface area contributed by atoms with Gasteiger partial charge in [0, 0.05) is 5.39 Å². The Kier molecular flexibility index (Phi) is 2.66. The van der Waals surface area contributed by atoms with Gasteiger partial charge in [-0.3, -0.25) is 3.96 Å². The predicted molar refractivity (Wildman–Crippen MR) is 67.1 cm³/mol. The summed E-state index contributed by atoms with van der Waals surface area (Å²) in [6.07, 6.45) is 0. The van der Waals surface area contributed by atoms with Crippen LogP contribution in [-0.2, 0) is 5.54 Å². The molecule has 0 amide bonds. The van der Waals surface area contributed by atoms with Crippen LogP contribution in [0.25, 0.3) is 10.1 Å². The van der Waals surface area contributed by atoms with E-state index >= 15 is 0 Å². The van der Waals surface area contributed by atoms with Crippen molar-refractivity contribution in [3.63, 3.8) is 0 Å². The van der Waals surface area contributed by atoms with Gasteiger partial charge < -0.3 is 5.11 Å². The normalized spacial score (nSPS) is 12.2. The van der Waals surface area contributed by atoms with Crippen molar-refractivity contribution in [2.75, 3.05) is 6.61 Å². The second-order valence-corrected chi connectivity index (χ2v) is 5.53. The quantitative estimate of drug-likeness (QED) is 0.814. The first kappa shape index (κ1) is 10.8. The van der Waals surface area contributed by atoms with Gasteiger partial charge >= 0.3 is 0 Å². The molecule has 1 heterocycles. The van der Waals surface area contributed by atoms with Crippen molar-refractivity contribution in [1.82, 2.24) is 3.96 Å². The summed E-state index contributed by atoms with van der Waals surface area (Å²) in [5, 5.41) is 10.4. The summed E-state index contributed by atoms with van der Waals surface area (Å²) in [6.45, 7) is 4.06. The summed E-state index contributed by atoms with van der Waals surface area (Å²) < 4.78 is 3.99. The van der Waals surface area contributed by atoms with Gasteiger partial charge in [-0.1, -0.05) is 41.9 Å². The Morgan fingerprint density at radius 3 is 2.67 bits per heavy atom. The molecule has 0 aliphatic rings. The van der Waals surface area contributed by atoms with Crippen LogP contribution in [0.5, 0.6) is 0 Å². The van der Waals surface area contributed by atoms with Crippen LogP contribution in [0.15, 0.2) is 24.3 Å². The fourth-order valence-electron chi connectivity index (χ4n) is 1.43. The average molecular weight is 239 g/mol. The summed E-state index contributed by atoms with van der Waals surface area (Å²) in [6, 6.07) is 8.07. The van der Waals surface area contributed by atoms with Crippen molar-refractivity contribution >= 4 is 33.8 Å². The lowest BCUT2D eigenvalue weighted by Crippen LogP contribution is -2.28. The highest BCUT2D eigenvalue weighted by atomic mass is 32.1. The summed E-state index contributed by atoms with van der Waals surface area (Å²) >= 11 is 7.01. The number of nitrogens with zero attached hydrogens (tertiary/aromatic N) is 1. The number of aromatic nitrogens is 1. The number of aliphatic hydroxyl groups excluding tert-OH is 1. The van der Waals surface area contributed by atoms with Gasteiger partial charge in [0.2, 0.25) is 0 Å². The van der Waals surface area contributed by atoms with E-state index < -0.39 is 0 Å². The zero-order valence-corrected chi connectivity index (χ0v) is 10.4. The first-order chi connectivity index (χ1) is 7.06. The predicted octanol–water partition coefficient (Wildman–Crippen LogP) is 3.16. The molecule has 1 aromatic carbocycles. The molecule has 0 atom stereocenters. The summed E-state index contributed by atoms with van der Waals surface area (Å²) in [4.78, 5) is 0. The molecule has 0 saturated carbocycles. The van der Waals surface area contributed by atoms with E-state index in [-0.39, 0.29) is 12.1 Å². The van der Waals surface area contributed by atoms with Gasteiger partial charge in [0.1, 0.15) is 4.64 Å². The third-order valence-corrected chi connectivity index (χ3v) is 4.36. The maximum atomic E-state index is 9.34. The second kappa shape index (κ2) is 3.70. The highest BCUT2D eigenvalue weighted by molar-refractivity contribution is 7.71. The molecule has 0 fully saturated rings. The van der Waals surface area contributed by atoms with Crippen LogP contribution in [-0.4, -0.2) is 15.7 Å². The van der Waals surface area contributed by atoms with Crippen molar-refractivity contribution in [1.29, 1.82) is 0 Å². The first-order valence-corrected chi connectivity index (χ1v) is 5.97. The molecule has 15 heavy (non-hydrogen) atoms. The average Bonchev–Trinajstić information content (AvgIpc) is 2.58. The molecule has 0 aliphatic carbocycles. The van der Waals surface area contributed by atoms with Gasteiger partial charge in [-0.2, -0.15) is 0 Å². The lowest BCUT2D eigenvalue weighted by atomic mass is 10.1. The SMILES string of the molecule is CC(C)(CO)n1sc2ccccc2c1=S. The third kappa shape index (κ3) is 1.73. The lowest BCUT2D eigenvalue weighted by Gasteiger charge is -2.22. The van der Waals surface area contributed by atoms with Gasteiger partial charge in [-0.05, 0) is 19.9 Å². The minimum atomic E-state index is -0.319. The van der Waals surface area contributed by atoms with E-state index in [1.54, 1.807) is 11.5 Å². The van der Waals surface area contributed by atoms with E-state index in [1.807, 2.05) is 36.0 Å². The first-order valence-electron chi connectivity index (χ1n) is 4.79. The zero-order chi connectivity index (χ0) is 11.1. The molecule has 2 nitrogen and oxygen atoms in total. The third-order valence-electron chi connectivity index (χ3n) is 2.43. The molecular weight excluding hydrogens is 226 g/mol. The molecule has 0 saturated heterocycles. The topological polar surface area (TPSA) is 25.2 Å². The van der Waals surface area contributed by atoms with Crippen LogP contribution in [0.2, 0.25) is 0 Å². The minimum Gasteiger partial charge on any atom is -0.394 e. The number of hydrogen-bond donors (Lipinski definition) is 1. The van der Waals surface area contributed by atoms with Crippen molar-refractivity contribution in [2.45, 2.75) is 19.4 Å². The number of rotatable bonds is 2. The fraction of sp³-hybridized carbons (Fsp3) is 0.364. The molecule has 0 aliphatic heterocycles. The van der Waals surface area contributed by atoms with E-state index in [2.05, 4.69) is 6.07 Å². The van der Waals surface area contributed by atoms with E-state index in [0.717, 1.165) is 10.0 Å². The zero-order valence-electron chi connectivity index (χ0n) is 8.73.